The molecule has 0 heterocycles. The fourth-order valence-corrected chi connectivity index (χ4v) is 2.35. The SMILES string of the molecule is Cc1cc(C)c(/C=N\NC(=O)c2ccc([N+](=O)[O-])cc2)c(C)c1. The molecule has 118 valence electrons. The number of nitro benzene ring substituents is 1. The fourth-order valence-electron chi connectivity index (χ4n) is 2.35. The lowest BCUT2D eigenvalue weighted by molar-refractivity contribution is -0.384. The number of nitro groups is 1. The molecule has 6 heteroatoms. The van der Waals surface area contributed by atoms with Crippen molar-refractivity contribution in [3.8, 4) is 0 Å². The molecule has 0 fully saturated rings. The third-order valence-corrected chi connectivity index (χ3v) is 3.44. The molecular weight excluding hydrogens is 294 g/mol. The van der Waals surface area contributed by atoms with Gasteiger partial charge in [0.05, 0.1) is 11.1 Å². The molecule has 2 aromatic carbocycles. The van der Waals surface area contributed by atoms with Gasteiger partial charge in [-0.05, 0) is 44.0 Å². The first kappa shape index (κ1) is 16.4. The van der Waals surface area contributed by atoms with Crippen LogP contribution in [0.4, 0.5) is 5.69 Å². The van der Waals surface area contributed by atoms with Crippen molar-refractivity contribution >= 4 is 17.8 Å². The van der Waals surface area contributed by atoms with E-state index in [-0.39, 0.29) is 5.69 Å². The number of rotatable bonds is 4. The molecule has 0 aliphatic rings. The van der Waals surface area contributed by atoms with Crippen LogP contribution in [-0.4, -0.2) is 17.0 Å². The monoisotopic (exact) mass is 311 g/mol. The van der Waals surface area contributed by atoms with E-state index < -0.39 is 10.8 Å². The van der Waals surface area contributed by atoms with Gasteiger partial charge in [0.1, 0.15) is 0 Å². The Labute approximate surface area is 134 Å². The first-order valence-corrected chi connectivity index (χ1v) is 7.04. The topological polar surface area (TPSA) is 84.6 Å². The van der Waals surface area contributed by atoms with Gasteiger partial charge in [-0.1, -0.05) is 17.7 Å². The predicted octanol–water partition coefficient (Wildman–Crippen LogP) is 3.28. The lowest BCUT2D eigenvalue weighted by atomic mass is 10.0. The van der Waals surface area contributed by atoms with Gasteiger partial charge in [-0.3, -0.25) is 14.9 Å². The maximum absolute atomic E-state index is 11.9. The van der Waals surface area contributed by atoms with E-state index in [1.807, 2.05) is 32.9 Å². The lowest BCUT2D eigenvalue weighted by Gasteiger charge is -2.06. The minimum absolute atomic E-state index is 0.0593. The van der Waals surface area contributed by atoms with Gasteiger partial charge in [0, 0.05) is 23.3 Å². The van der Waals surface area contributed by atoms with Crippen LogP contribution in [-0.2, 0) is 0 Å². The van der Waals surface area contributed by atoms with Crippen LogP contribution in [0.2, 0.25) is 0 Å². The van der Waals surface area contributed by atoms with E-state index in [2.05, 4.69) is 10.5 Å². The first-order chi connectivity index (χ1) is 10.9. The van der Waals surface area contributed by atoms with Crippen LogP contribution in [0.1, 0.15) is 32.6 Å². The average molecular weight is 311 g/mol. The van der Waals surface area contributed by atoms with Crippen LogP contribution in [0.3, 0.4) is 0 Å². The molecule has 0 saturated heterocycles. The summed E-state index contributed by atoms with van der Waals surface area (Å²) >= 11 is 0. The molecule has 6 nitrogen and oxygen atoms in total. The second-order valence-corrected chi connectivity index (χ2v) is 5.32. The fraction of sp³-hybridized carbons (Fsp3) is 0.176. The number of carbonyl (C=O) groups is 1. The quantitative estimate of drug-likeness (QED) is 0.534. The van der Waals surface area contributed by atoms with Gasteiger partial charge in [-0.2, -0.15) is 5.10 Å². The van der Waals surface area contributed by atoms with Gasteiger partial charge >= 0.3 is 0 Å². The third-order valence-electron chi connectivity index (χ3n) is 3.44. The van der Waals surface area contributed by atoms with Crippen LogP contribution in [0.15, 0.2) is 41.5 Å². The lowest BCUT2D eigenvalue weighted by Crippen LogP contribution is -2.17. The highest BCUT2D eigenvalue weighted by Gasteiger charge is 2.08. The molecule has 23 heavy (non-hydrogen) atoms. The zero-order chi connectivity index (χ0) is 17.0. The van der Waals surface area contributed by atoms with Crippen LogP contribution in [0, 0.1) is 30.9 Å². The Morgan fingerprint density at radius 2 is 1.70 bits per heavy atom. The van der Waals surface area contributed by atoms with Crippen LogP contribution < -0.4 is 5.43 Å². The van der Waals surface area contributed by atoms with Crippen molar-refractivity contribution in [1.82, 2.24) is 5.43 Å². The van der Waals surface area contributed by atoms with E-state index in [9.17, 15) is 14.9 Å². The molecule has 0 saturated carbocycles. The van der Waals surface area contributed by atoms with Crippen molar-refractivity contribution in [3.05, 3.63) is 74.3 Å². The number of benzene rings is 2. The van der Waals surface area contributed by atoms with E-state index in [0.717, 1.165) is 16.7 Å². The van der Waals surface area contributed by atoms with E-state index >= 15 is 0 Å². The number of hydrazone groups is 1. The summed E-state index contributed by atoms with van der Waals surface area (Å²) in [6.45, 7) is 6.00. The highest BCUT2D eigenvalue weighted by molar-refractivity contribution is 5.95. The van der Waals surface area contributed by atoms with Crippen molar-refractivity contribution in [2.24, 2.45) is 5.10 Å². The summed E-state index contributed by atoms with van der Waals surface area (Å²) in [5.74, 6) is -0.418. The number of nitrogens with one attached hydrogen (secondary N) is 1. The number of carbonyl (C=O) groups excluding carboxylic acids is 1. The Bertz CT molecular complexity index is 757. The number of nitrogens with zero attached hydrogens (tertiary/aromatic N) is 2. The zero-order valence-corrected chi connectivity index (χ0v) is 13.2. The van der Waals surface area contributed by atoms with Crippen LogP contribution in [0.5, 0.6) is 0 Å². The number of aryl methyl sites for hydroxylation is 3. The molecule has 1 amide bonds. The number of amides is 1. The Morgan fingerprint density at radius 3 is 2.22 bits per heavy atom. The van der Waals surface area contributed by atoms with Crippen LogP contribution in [0.25, 0.3) is 0 Å². The van der Waals surface area contributed by atoms with Crippen molar-refractivity contribution in [3.63, 3.8) is 0 Å². The van der Waals surface area contributed by atoms with Crippen LogP contribution >= 0.6 is 0 Å². The standard InChI is InChI=1S/C17H17N3O3/c1-11-8-12(2)16(13(3)9-11)10-18-19-17(21)14-4-6-15(7-5-14)20(22)23/h4-10H,1-3H3,(H,19,21)/b18-10-. The maximum Gasteiger partial charge on any atom is 0.271 e. The summed E-state index contributed by atoms with van der Waals surface area (Å²) in [5, 5.41) is 14.5. The maximum atomic E-state index is 11.9. The molecule has 0 aliphatic carbocycles. The Kier molecular flexibility index (Phi) is 4.85. The minimum Gasteiger partial charge on any atom is -0.267 e. The molecule has 0 radical (unpaired) electrons. The van der Waals surface area contributed by atoms with Crippen molar-refractivity contribution < 1.29 is 9.72 Å². The van der Waals surface area contributed by atoms with Gasteiger partial charge < -0.3 is 0 Å². The van der Waals surface area contributed by atoms with Crippen molar-refractivity contribution in [2.45, 2.75) is 20.8 Å². The largest absolute Gasteiger partial charge is 0.271 e. The summed E-state index contributed by atoms with van der Waals surface area (Å²) in [4.78, 5) is 22.0. The first-order valence-electron chi connectivity index (χ1n) is 7.04. The molecule has 2 aromatic rings. The van der Waals surface area contributed by atoms with Gasteiger partial charge in [-0.15, -0.1) is 0 Å². The smallest absolute Gasteiger partial charge is 0.267 e. The van der Waals surface area contributed by atoms with E-state index in [1.165, 1.54) is 29.8 Å². The predicted molar refractivity (Wildman–Crippen MR) is 88.8 cm³/mol. The van der Waals surface area contributed by atoms with E-state index in [4.69, 9.17) is 0 Å². The third kappa shape index (κ3) is 4.00. The van der Waals surface area contributed by atoms with Gasteiger partial charge in [0.15, 0.2) is 0 Å². The molecule has 0 spiro atoms. The minimum atomic E-state index is -0.511. The van der Waals surface area contributed by atoms with Gasteiger partial charge in [-0.25, -0.2) is 5.43 Å². The van der Waals surface area contributed by atoms with E-state index in [1.54, 1.807) is 6.21 Å². The molecule has 1 N–H and O–H groups in total. The molecule has 0 aromatic heterocycles. The number of hydrogen-bond donors (Lipinski definition) is 1. The Balaban J connectivity index is 2.08. The van der Waals surface area contributed by atoms with Crippen molar-refractivity contribution in [2.75, 3.05) is 0 Å². The zero-order valence-electron chi connectivity index (χ0n) is 13.2. The summed E-state index contributed by atoms with van der Waals surface area (Å²) < 4.78 is 0. The number of hydrogen-bond acceptors (Lipinski definition) is 4. The Hall–Kier alpha value is -3.02. The van der Waals surface area contributed by atoms with Gasteiger partial charge in [0.2, 0.25) is 0 Å². The molecule has 0 atom stereocenters. The molecule has 0 unspecified atom stereocenters. The second-order valence-electron chi connectivity index (χ2n) is 5.32. The number of non-ortho nitro benzene ring substituents is 1. The van der Waals surface area contributed by atoms with E-state index in [0.29, 0.717) is 5.56 Å². The highest BCUT2D eigenvalue weighted by Crippen LogP contribution is 2.14. The summed E-state index contributed by atoms with van der Waals surface area (Å²) in [5.41, 5.74) is 6.97. The average Bonchev–Trinajstić information content (AvgIpc) is 2.49. The van der Waals surface area contributed by atoms with Gasteiger partial charge in [0.25, 0.3) is 11.6 Å². The molecule has 0 bridgehead atoms. The molecular formula is C17H17N3O3. The molecule has 2 rings (SSSR count). The summed E-state index contributed by atoms with van der Waals surface area (Å²) in [6.07, 6.45) is 1.60. The van der Waals surface area contributed by atoms with Crippen molar-refractivity contribution in [1.29, 1.82) is 0 Å². The summed E-state index contributed by atoms with van der Waals surface area (Å²) in [7, 11) is 0. The summed E-state index contributed by atoms with van der Waals surface area (Å²) in [6, 6.07) is 9.45. The molecule has 0 aliphatic heterocycles. The second kappa shape index (κ2) is 6.83. The highest BCUT2D eigenvalue weighted by atomic mass is 16.6. The Morgan fingerprint density at radius 1 is 1.13 bits per heavy atom. The normalized spacial score (nSPS) is 10.7.